The average molecular weight is 271 g/mol. The van der Waals surface area contributed by atoms with Gasteiger partial charge in [0.15, 0.2) is 0 Å². The second-order valence-electron chi connectivity index (χ2n) is 5.18. The number of carbonyl (C=O) groups is 1. The number of methoxy groups -OCH3 is 1. The Morgan fingerprint density at radius 1 is 1.40 bits per heavy atom. The van der Waals surface area contributed by atoms with E-state index in [0.29, 0.717) is 17.1 Å². The lowest BCUT2D eigenvalue weighted by molar-refractivity contribution is 0.0997. The number of rotatable bonds is 3. The number of hydrogen-bond donors (Lipinski definition) is 2. The normalized spacial score (nSPS) is 15.1. The third kappa shape index (κ3) is 1.86. The molecule has 1 aromatic carbocycles. The van der Waals surface area contributed by atoms with Crippen molar-refractivity contribution in [1.82, 2.24) is 4.98 Å². The summed E-state index contributed by atoms with van der Waals surface area (Å²) < 4.78 is 5.14. The van der Waals surface area contributed by atoms with Crippen molar-refractivity contribution in [3.05, 3.63) is 29.3 Å². The van der Waals surface area contributed by atoms with E-state index in [0.717, 1.165) is 10.9 Å². The fraction of sp³-hybridized carbons (Fsp3) is 0.333. The largest absolute Gasteiger partial charge is 0.480 e. The van der Waals surface area contributed by atoms with Gasteiger partial charge in [-0.3, -0.25) is 4.79 Å². The molecule has 0 aliphatic heterocycles. The van der Waals surface area contributed by atoms with E-state index in [9.17, 15) is 4.79 Å². The number of carbonyl (C=O) groups excluding carboxylic acids is 1. The number of nitrogens with zero attached hydrogens (tertiary/aromatic N) is 1. The van der Waals surface area contributed by atoms with Gasteiger partial charge in [0.25, 0.3) is 5.91 Å². The predicted molar refractivity (Wildman–Crippen MR) is 77.8 cm³/mol. The van der Waals surface area contributed by atoms with Gasteiger partial charge in [-0.2, -0.15) is 0 Å². The van der Waals surface area contributed by atoms with Gasteiger partial charge in [0.2, 0.25) is 5.88 Å². The lowest BCUT2D eigenvalue weighted by atomic mass is 9.79. The Kier molecular flexibility index (Phi) is 2.97. The van der Waals surface area contributed by atoms with Crippen molar-refractivity contribution in [2.75, 3.05) is 12.8 Å². The zero-order valence-corrected chi connectivity index (χ0v) is 11.3. The second kappa shape index (κ2) is 4.67. The molecule has 1 aliphatic carbocycles. The number of benzene rings is 1. The van der Waals surface area contributed by atoms with Crippen molar-refractivity contribution in [1.29, 1.82) is 0 Å². The van der Waals surface area contributed by atoms with Crippen molar-refractivity contribution < 1.29 is 9.53 Å². The van der Waals surface area contributed by atoms with Crippen molar-refractivity contribution in [2.24, 2.45) is 5.73 Å². The first-order chi connectivity index (χ1) is 9.61. The van der Waals surface area contributed by atoms with Crippen LogP contribution >= 0.6 is 0 Å². The summed E-state index contributed by atoms with van der Waals surface area (Å²) in [6.45, 7) is 0. The molecule has 1 saturated carbocycles. The Bertz CT molecular complexity index is 693. The number of hydrogen-bond acceptors (Lipinski definition) is 4. The lowest BCUT2D eigenvalue weighted by Crippen LogP contribution is -2.14. The van der Waals surface area contributed by atoms with Crippen LogP contribution in [0, 0.1) is 0 Å². The minimum Gasteiger partial charge on any atom is -0.480 e. The first-order valence-electron chi connectivity index (χ1n) is 6.68. The van der Waals surface area contributed by atoms with Gasteiger partial charge >= 0.3 is 0 Å². The molecule has 0 saturated heterocycles. The van der Waals surface area contributed by atoms with E-state index in [4.69, 9.17) is 16.2 Å². The highest BCUT2D eigenvalue weighted by Crippen LogP contribution is 2.41. The maximum Gasteiger partial charge on any atom is 0.254 e. The first kappa shape index (κ1) is 12.7. The standard InChI is InChI=1S/C15H17N3O2/c1-20-15-11(14(17)19)7-9-5-6-10(8-3-2-4-8)12(16)13(9)18-15/h5-8H,2-4,16H2,1H3,(H2,17,19). The summed E-state index contributed by atoms with van der Waals surface area (Å²) in [6.07, 6.45) is 3.60. The molecular formula is C15H17N3O2. The molecule has 5 heteroatoms. The van der Waals surface area contributed by atoms with Crippen LogP contribution in [0.25, 0.3) is 10.9 Å². The second-order valence-corrected chi connectivity index (χ2v) is 5.18. The van der Waals surface area contributed by atoms with Crippen LogP contribution in [0.15, 0.2) is 18.2 Å². The van der Waals surface area contributed by atoms with E-state index >= 15 is 0 Å². The number of nitrogens with two attached hydrogens (primary N) is 2. The van der Waals surface area contributed by atoms with E-state index in [-0.39, 0.29) is 11.4 Å². The number of aromatic nitrogens is 1. The highest BCUT2D eigenvalue weighted by molar-refractivity contribution is 6.01. The van der Waals surface area contributed by atoms with Crippen LogP contribution in [0.3, 0.4) is 0 Å². The van der Waals surface area contributed by atoms with Crippen molar-refractivity contribution in [2.45, 2.75) is 25.2 Å². The van der Waals surface area contributed by atoms with E-state index < -0.39 is 5.91 Å². The van der Waals surface area contributed by atoms with Gasteiger partial charge in [-0.15, -0.1) is 0 Å². The van der Waals surface area contributed by atoms with E-state index in [1.807, 2.05) is 12.1 Å². The van der Waals surface area contributed by atoms with Crippen molar-refractivity contribution >= 4 is 22.5 Å². The summed E-state index contributed by atoms with van der Waals surface area (Å²) >= 11 is 0. The highest BCUT2D eigenvalue weighted by Gasteiger charge is 2.23. The number of fused-ring (bicyclic) bond motifs is 1. The van der Waals surface area contributed by atoms with Crippen LogP contribution in [0.1, 0.15) is 41.1 Å². The Labute approximate surface area is 116 Å². The SMILES string of the molecule is COc1nc2c(N)c(C3CCC3)ccc2cc1C(N)=O. The molecule has 0 atom stereocenters. The predicted octanol–water partition coefficient (Wildman–Crippen LogP) is 2.19. The maximum absolute atomic E-state index is 11.4. The molecule has 1 heterocycles. The van der Waals surface area contributed by atoms with Crippen LogP contribution in [0.5, 0.6) is 5.88 Å². The van der Waals surface area contributed by atoms with Crippen LogP contribution < -0.4 is 16.2 Å². The Balaban J connectivity index is 2.21. The van der Waals surface area contributed by atoms with Crippen LogP contribution in [-0.4, -0.2) is 18.0 Å². The zero-order chi connectivity index (χ0) is 14.3. The van der Waals surface area contributed by atoms with Crippen molar-refractivity contribution in [3.63, 3.8) is 0 Å². The molecular weight excluding hydrogens is 254 g/mol. The maximum atomic E-state index is 11.4. The molecule has 104 valence electrons. The zero-order valence-electron chi connectivity index (χ0n) is 11.3. The van der Waals surface area contributed by atoms with Gasteiger partial charge in [0.05, 0.1) is 18.3 Å². The van der Waals surface area contributed by atoms with E-state index in [2.05, 4.69) is 4.98 Å². The van der Waals surface area contributed by atoms with Crippen LogP contribution in [0.2, 0.25) is 0 Å². The number of primary amides is 1. The van der Waals surface area contributed by atoms with Gasteiger partial charge in [-0.25, -0.2) is 4.98 Å². The van der Waals surface area contributed by atoms with Crippen LogP contribution in [0.4, 0.5) is 5.69 Å². The number of nitrogen functional groups attached to an aromatic ring is 1. The van der Waals surface area contributed by atoms with Crippen molar-refractivity contribution in [3.8, 4) is 5.88 Å². The number of amides is 1. The Hall–Kier alpha value is -2.30. The summed E-state index contributed by atoms with van der Waals surface area (Å²) in [7, 11) is 1.46. The molecule has 0 unspecified atom stereocenters. The molecule has 3 rings (SSSR count). The van der Waals surface area contributed by atoms with Gasteiger partial charge < -0.3 is 16.2 Å². The summed E-state index contributed by atoms with van der Waals surface area (Å²) in [5.74, 6) is 0.198. The summed E-state index contributed by atoms with van der Waals surface area (Å²) in [5, 5.41) is 0.806. The average Bonchev–Trinajstić information content (AvgIpc) is 2.38. The molecule has 0 radical (unpaired) electrons. The third-order valence-corrected chi connectivity index (χ3v) is 4.03. The van der Waals surface area contributed by atoms with Crippen LogP contribution in [-0.2, 0) is 0 Å². The minimum atomic E-state index is -0.558. The molecule has 4 N–H and O–H groups in total. The molecule has 20 heavy (non-hydrogen) atoms. The lowest BCUT2D eigenvalue weighted by Gasteiger charge is -2.27. The molecule has 5 nitrogen and oxygen atoms in total. The highest BCUT2D eigenvalue weighted by atomic mass is 16.5. The van der Waals surface area contributed by atoms with Gasteiger partial charge in [0.1, 0.15) is 5.56 Å². The van der Waals surface area contributed by atoms with Gasteiger partial charge in [-0.1, -0.05) is 18.6 Å². The molecule has 1 aliphatic rings. The minimum absolute atomic E-state index is 0.224. The summed E-state index contributed by atoms with van der Waals surface area (Å²) in [6, 6.07) is 5.66. The summed E-state index contributed by atoms with van der Waals surface area (Å²) in [5.41, 5.74) is 14.4. The smallest absolute Gasteiger partial charge is 0.254 e. The van der Waals surface area contributed by atoms with E-state index in [1.54, 1.807) is 6.07 Å². The van der Waals surface area contributed by atoms with Gasteiger partial charge in [0, 0.05) is 5.39 Å². The quantitative estimate of drug-likeness (QED) is 0.837. The molecule has 0 bridgehead atoms. The molecule has 1 amide bonds. The first-order valence-corrected chi connectivity index (χ1v) is 6.68. The number of pyridine rings is 1. The third-order valence-electron chi connectivity index (χ3n) is 4.03. The molecule has 2 aromatic rings. The summed E-state index contributed by atoms with van der Waals surface area (Å²) in [4.78, 5) is 15.8. The molecule has 1 fully saturated rings. The van der Waals surface area contributed by atoms with E-state index in [1.165, 1.54) is 26.4 Å². The monoisotopic (exact) mass is 271 g/mol. The number of ether oxygens (including phenoxy) is 1. The molecule has 1 aromatic heterocycles. The topological polar surface area (TPSA) is 91.2 Å². The fourth-order valence-corrected chi connectivity index (χ4v) is 2.67. The Morgan fingerprint density at radius 2 is 2.15 bits per heavy atom. The fourth-order valence-electron chi connectivity index (χ4n) is 2.67. The Morgan fingerprint density at radius 3 is 2.70 bits per heavy atom. The number of anilines is 1. The molecule has 0 spiro atoms. The van der Waals surface area contributed by atoms with Gasteiger partial charge in [-0.05, 0) is 30.4 Å².